The summed E-state index contributed by atoms with van der Waals surface area (Å²) in [6.45, 7) is 6.41. The van der Waals surface area contributed by atoms with Gasteiger partial charge in [0.1, 0.15) is 0 Å². The predicted octanol–water partition coefficient (Wildman–Crippen LogP) is 3.87. The van der Waals surface area contributed by atoms with Crippen LogP contribution in [-0.4, -0.2) is 5.91 Å². The summed E-state index contributed by atoms with van der Waals surface area (Å²) in [5, 5.41) is 6.21. The van der Waals surface area contributed by atoms with Crippen LogP contribution in [0.15, 0.2) is 42.5 Å². The molecule has 2 aromatic carbocycles. The summed E-state index contributed by atoms with van der Waals surface area (Å²) >= 11 is 0. The summed E-state index contributed by atoms with van der Waals surface area (Å²) in [4.78, 5) is 11.1. The van der Waals surface area contributed by atoms with E-state index in [0.29, 0.717) is 0 Å². The molecule has 20 heavy (non-hydrogen) atoms. The summed E-state index contributed by atoms with van der Waals surface area (Å²) in [5.74, 6) is -0.0571. The maximum Gasteiger partial charge on any atom is 0.221 e. The second kappa shape index (κ2) is 6.24. The number of aryl methyl sites for hydroxylation is 2. The lowest BCUT2D eigenvalue weighted by Gasteiger charge is -2.12. The molecule has 0 atom stereocenters. The van der Waals surface area contributed by atoms with Crippen LogP contribution in [0, 0.1) is 13.8 Å². The molecule has 2 rings (SSSR count). The normalized spacial score (nSPS) is 10.2. The molecule has 0 aliphatic carbocycles. The van der Waals surface area contributed by atoms with Crippen LogP contribution in [0.25, 0.3) is 0 Å². The van der Waals surface area contributed by atoms with Crippen molar-refractivity contribution < 1.29 is 4.79 Å². The summed E-state index contributed by atoms with van der Waals surface area (Å²) in [6.07, 6.45) is 0. The lowest BCUT2D eigenvalue weighted by atomic mass is 10.1. The molecule has 0 bridgehead atoms. The third-order valence-electron chi connectivity index (χ3n) is 3.16. The topological polar surface area (TPSA) is 41.1 Å². The largest absolute Gasteiger partial charge is 0.381 e. The predicted molar refractivity (Wildman–Crippen MR) is 84.0 cm³/mol. The van der Waals surface area contributed by atoms with Gasteiger partial charge >= 0.3 is 0 Å². The maximum absolute atomic E-state index is 11.1. The Labute approximate surface area is 120 Å². The van der Waals surface area contributed by atoms with Crippen molar-refractivity contribution in [3.63, 3.8) is 0 Å². The van der Waals surface area contributed by atoms with E-state index in [2.05, 4.69) is 48.7 Å². The first kappa shape index (κ1) is 14.1. The van der Waals surface area contributed by atoms with E-state index < -0.39 is 0 Å². The minimum absolute atomic E-state index is 0.0571. The molecule has 0 saturated carbocycles. The molecule has 0 aliphatic rings. The standard InChI is InChI=1S/C17H20N2O/c1-12-4-7-15(8-5-12)11-18-17-10-16(19-14(3)20)9-6-13(17)2/h4-10,18H,11H2,1-3H3,(H,19,20). The molecule has 104 valence electrons. The molecule has 0 aromatic heterocycles. The van der Waals surface area contributed by atoms with Crippen LogP contribution in [0.5, 0.6) is 0 Å². The second-order valence-corrected chi connectivity index (χ2v) is 5.05. The number of amides is 1. The number of hydrogen-bond donors (Lipinski definition) is 2. The molecule has 3 nitrogen and oxygen atoms in total. The molecule has 2 N–H and O–H groups in total. The first-order valence-electron chi connectivity index (χ1n) is 6.72. The lowest BCUT2D eigenvalue weighted by molar-refractivity contribution is -0.114. The van der Waals surface area contributed by atoms with Crippen molar-refractivity contribution in [2.24, 2.45) is 0 Å². The van der Waals surface area contributed by atoms with Gasteiger partial charge in [-0.15, -0.1) is 0 Å². The Morgan fingerprint density at radius 2 is 1.75 bits per heavy atom. The summed E-state index contributed by atoms with van der Waals surface area (Å²) in [7, 11) is 0. The molecule has 0 spiro atoms. The van der Waals surface area contributed by atoms with Gasteiger partial charge < -0.3 is 10.6 Å². The fraction of sp³-hybridized carbons (Fsp3) is 0.235. The van der Waals surface area contributed by atoms with Crippen molar-refractivity contribution in [3.05, 3.63) is 59.2 Å². The first-order chi connectivity index (χ1) is 9.54. The van der Waals surface area contributed by atoms with Crippen LogP contribution in [0.1, 0.15) is 23.6 Å². The molecule has 3 heteroatoms. The molecule has 0 heterocycles. The Bertz CT molecular complexity index is 603. The van der Waals surface area contributed by atoms with E-state index in [9.17, 15) is 4.79 Å². The first-order valence-corrected chi connectivity index (χ1v) is 6.72. The van der Waals surface area contributed by atoms with Gasteiger partial charge in [0, 0.05) is 24.8 Å². The Hall–Kier alpha value is -2.29. The van der Waals surface area contributed by atoms with E-state index in [1.54, 1.807) is 0 Å². The highest BCUT2D eigenvalue weighted by atomic mass is 16.1. The van der Waals surface area contributed by atoms with Gasteiger partial charge in [-0.1, -0.05) is 35.9 Å². The molecular weight excluding hydrogens is 248 g/mol. The molecule has 0 unspecified atom stereocenters. The minimum atomic E-state index is -0.0571. The van der Waals surface area contributed by atoms with E-state index in [0.717, 1.165) is 23.5 Å². The quantitative estimate of drug-likeness (QED) is 0.883. The zero-order chi connectivity index (χ0) is 14.5. The highest BCUT2D eigenvalue weighted by Gasteiger charge is 2.02. The van der Waals surface area contributed by atoms with Crippen molar-refractivity contribution in [2.45, 2.75) is 27.3 Å². The van der Waals surface area contributed by atoms with Crippen molar-refractivity contribution in [1.29, 1.82) is 0 Å². The van der Waals surface area contributed by atoms with Crippen LogP contribution in [0.2, 0.25) is 0 Å². The molecule has 2 aromatic rings. The van der Waals surface area contributed by atoms with E-state index >= 15 is 0 Å². The van der Waals surface area contributed by atoms with Crippen molar-refractivity contribution in [1.82, 2.24) is 0 Å². The van der Waals surface area contributed by atoms with Crippen molar-refractivity contribution in [3.8, 4) is 0 Å². The number of nitrogens with one attached hydrogen (secondary N) is 2. The highest BCUT2D eigenvalue weighted by Crippen LogP contribution is 2.21. The van der Waals surface area contributed by atoms with Crippen molar-refractivity contribution >= 4 is 17.3 Å². The molecule has 0 aliphatic heterocycles. The molecular formula is C17H20N2O. The third kappa shape index (κ3) is 3.85. The van der Waals surface area contributed by atoms with Crippen molar-refractivity contribution in [2.75, 3.05) is 10.6 Å². The molecule has 0 saturated heterocycles. The van der Waals surface area contributed by atoms with Gasteiger partial charge in [-0.05, 0) is 37.1 Å². The number of benzene rings is 2. The number of carbonyl (C=O) groups is 1. The zero-order valence-electron chi connectivity index (χ0n) is 12.2. The van der Waals surface area contributed by atoms with Gasteiger partial charge in [0.15, 0.2) is 0 Å². The van der Waals surface area contributed by atoms with Gasteiger partial charge in [-0.2, -0.15) is 0 Å². The Kier molecular flexibility index (Phi) is 4.41. The van der Waals surface area contributed by atoms with Gasteiger partial charge in [0.2, 0.25) is 5.91 Å². The van der Waals surface area contributed by atoms with E-state index in [1.807, 2.05) is 18.2 Å². The van der Waals surface area contributed by atoms with E-state index in [4.69, 9.17) is 0 Å². The van der Waals surface area contributed by atoms with E-state index in [-0.39, 0.29) is 5.91 Å². The molecule has 0 fully saturated rings. The maximum atomic E-state index is 11.1. The fourth-order valence-corrected chi connectivity index (χ4v) is 2.00. The fourth-order valence-electron chi connectivity index (χ4n) is 2.00. The van der Waals surface area contributed by atoms with Crippen LogP contribution in [-0.2, 0) is 11.3 Å². The smallest absolute Gasteiger partial charge is 0.221 e. The second-order valence-electron chi connectivity index (χ2n) is 5.05. The number of carbonyl (C=O) groups excluding carboxylic acids is 1. The Balaban J connectivity index is 2.08. The number of anilines is 2. The van der Waals surface area contributed by atoms with Gasteiger partial charge in [-0.25, -0.2) is 0 Å². The van der Waals surface area contributed by atoms with Crippen LogP contribution >= 0.6 is 0 Å². The average molecular weight is 268 g/mol. The Morgan fingerprint density at radius 1 is 1.05 bits per heavy atom. The third-order valence-corrected chi connectivity index (χ3v) is 3.16. The monoisotopic (exact) mass is 268 g/mol. The number of rotatable bonds is 4. The summed E-state index contributed by atoms with van der Waals surface area (Å²) in [6, 6.07) is 14.3. The summed E-state index contributed by atoms with van der Waals surface area (Å²) < 4.78 is 0. The minimum Gasteiger partial charge on any atom is -0.381 e. The SMILES string of the molecule is CC(=O)Nc1ccc(C)c(NCc2ccc(C)cc2)c1. The average Bonchev–Trinajstić information content (AvgIpc) is 2.40. The molecule has 1 amide bonds. The highest BCUT2D eigenvalue weighted by molar-refractivity contribution is 5.89. The molecule has 0 radical (unpaired) electrons. The van der Waals surface area contributed by atoms with Gasteiger partial charge in [-0.3, -0.25) is 4.79 Å². The van der Waals surface area contributed by atoms with E-state index in [1.165, 1.54) is 18.1 Å². The van der Waals surface area contributed by atoms with Gasteiger partial charge in [0.05, 0.1) is 0 Å². The number of hydrogen-bond acceptors (Lipinski definition) is 2. The Morgan fingerprint density at radius 3 is 2.40 bits per heavy atom. The lowest BCUT2D eigenvalue weighted by Crippen LogP contribution is -2.07. The van der Waals surface area contributed by atoms with Crippen LogP contribution < -0.4 is 10.6 Å². The van der Waals surface area contributed by atoms with Crippen LogP contribution in [0.3, 0.4) is 0 Å². The van der Waals surface area contributed by atoms with Crippen LogP contribution in [0.4, 0.5) is 11.4 Å². The zero-order valence-corrected chi connectivity index (χ0v) is 12.2. The summed E-state index contributed by atoms with van der Waals surface area (Å²) in [5.41, 5.74) is 5.51. The van der Waals surface area contributed by atoms with Gasteiger partial charge in [0.25, 0.3) is 0 Å².